The third-order valence-electron chi connectivity index (χ3n) is 6.29. The number of aliphatic imine (C=N–C) groups is 1. The number of guanidine groups is 1. The highest BCUT2D eigenvalue weighted by molar-refractivity contribution is 14.0. The standard InChI is InChI=1S/C25H36N4O.HI/c1-26-24(28-20-25(29(2)3)14-16-30-17-15-25)27-19-23(22-12-8-5-9-13-22)18-21-10-6-4-7-11-21;/h4-13,23H,14-20H2,1-3H3,(H2,26,27,28);1H. The molecule has 1 fully saturated rings. The molecule has 1 atom stereocenters. The first-order chi connectivity index (χ1) is 14.6. The largest absolute Gasteiger partial charge is 0.381 e. The van der Waals surface area contributed by atoms with E-state index in [0.29, 0.717) is 5.92 Å². The summed E-state index contributed by atoms with van der Waals surface area (Å²) in [5.41, 5.74) is 2.81. The fourth-order valence-electron chi connectivity index (χ4n) is 4.15. The smallest absolute Gasteiger partial charge is 0.191 e. The molecule has 6 heteroatoms. The Morgan fingerprint density at radius 3 is 2.19 bits per heavy atom. The van der Waals surface area contributed by atoms with Gasteiger partial charge in [0.05, 0.1) is 0 Å². The van der Waals surface area contributed by atoms with Crippen molar-refractivity contribution in [1.29, 1.82) is 0 Å². The van der Waals surface area contributed by atoms with Gasteiger partial charge in [-0.2, -0.15) is 0 Å². The Bertz CT molecular complexity index is 777. The lowest BCUT2D eigenvalue weighted by Crippen LogP contribution is -2.57. The SMILES string of the molecule is CN=C(NCC(Cc1ccccc1)c1ccccc1)NCC1(N(C)C)CCOCC1.I. The van der Waals surface area contributed by atoms with Gasteiger partial charge < -0.3 is 20.3 Å². The van der Waals surface area contributed by atoms with Crippen LogP contribution in [0.2, 0.25) is 0 Å². The lowest BCUT2D eigenvalue weighted by Gasteiger charge is -2.43. The van der Waals surface area contributed by atoms with Crippen LogP contribution in [0.25, 0.3) is 0 Å². The number of rotatable bonds is 8. The summed E-state index contributed by atoms with van der Waals surface area (Å²) >= 11 is 0. The summed E-state index contributed by atoms with van der Waals surface area (Å²) in [7, 11) is 6.17. The third kappa shape index (κ3) is 7.47. The Labute approximate surface area is 204 Å². The normalized spacial score (nSPS) is 17.0. The maximum Gasteiger partial charge on any atom is 0.191 e. The second kappa shape index (κ2) is 13.0. The highest BCUT2D eigenvalue weighted by atomic mass is 127. The second-order valence-corrected chi connectivity index (χ2v) is 8.34. The van der Waals surface area contributed by atoms with Crippen LogP contribution in [0.5, 0.6) is 0 Å². The molecule has 1 aliphatic rings. The molecular formula is C25H37IN4O. The van der Waals surface area contributed by atoms with Gasteiger partial charge in [0.1, 0.15) is 0 Å². The van der Waals surface area contributed by atoms with Crippen LogP contribution in [0.15, 0.2) is 65.7 Å². The fraction of sp³-hybridized carbons (Fsp3) is 0.480. The summed E-state index contributed by atoms with van der Waals surface area (Å²) in [6.45, 7) is 3.33. The van der Waals surface area contributed by atoms with Gasteiger partial charge in [-0.1, -0.05) is 60.7 Å². The van der Waals surface area contributed by atoms with Crippen LogP contribution in [0.4, 0.5) is 0 Å². The summed E-state index contributed by atoms with van der Waals surface area (Å²) < 4.78 is 5.59. The van der Waals surface area contributed by atoms with Crippen molar-refractivity contribution in [2.24, 2.45) is 4.99 Å². The van der Waals surface area contributed by atoms with Gasteiger partial charge in [0.15, 0.2) is 5.96 Å². The summed E-state index contributed by atoms with van der Waals surface area (Å²) in [5, 5.41) is 7.15. The molecule has 0 spiro atoms. The number of nitrogens with zero attached hydrogens (tertiary/aromatic N) is 2. The van der Waals surface area contributed by atoms with E-state index in [1.165, 1.54) is 11.1 Å². The van der Waals surface area contributed by atoms with Crippen molar-refractivity contribution in [3.63, 3.8) is 0 Å². The maximum atomic E-state index is 5.59. The number of hydrogen-bond acceptors (Lipinski definition) is 3. The highest BCUT2D eigenvalue weighted by Gasteiger charge is 2.34. The molecule has 1 unspecified atom stereocenters. The maximum absolute atomic E-state index is 5.59. The van der Waals surface area contributed by atoms with Gasteiger partial charge in [0.2, 0.25) is 0 Å². The average Bonchev–Trinajstić information content (AvgIpc) is 2.80. The molecular weight excluding hydrogens is 499 g/mol. The number of likely N-dealkylation sites (N-methyl/N-ethyl adjacent to an activating group) is 1. The monoisotopic (exact) mass is 536 g/mol. The topological polar surface area (TPSA) is 48.9 Å². The van der Waals surface area contributed by atoms with Crippen molar-refractivity contribution in [2.45, 2.75) is 30.7 Å². The van der Waals surface area contributed by atoms with E-state index in [1.807, 2.05) is 7.05 Å². The summed E-state index contributed by atoms with van der Waals surface area (Å²) in [6, 6.07) is 21.4. The molecule has 1 heterocycles. The van der Waals surface area contributed by atoms with E-state index >= 15 is 0 Å². The molecule has 0 amide bonds. The van der Waals surface area contributed by atoms with Crippen LogP contribution in [0, 0.1) is 0 Å². The lowest BCUT2D eigenvalue weighted by atomic mass is 9.88. The van der Waals surface area contributed by atoms with E-state index in [9.17, 15) is 0 Å². The van der Waals surface area contributed by atoms with Crippen LogP contribution in [-0.4, -0.2) is 63.8 Å². The molecule has 0 bridgehead atoms. The zero-order valence-corrected chi connectivity index (χ0v) is 21.3. The van der Waals surface area contributed by atoms with Crippen LogP contribution in [0.3, 0.4) is 0 Å². The van der Waals surface area contributed by atoms with Gasteiger partial charge >= 0.3 is 0 Å². The molecule has 2 aromatic carbocycles. The molecule has 170 valence electrons. The zero-order chi connectivity index (χ0) is 21.2. The Hall–Kier alpha value is -1.64. The molecule has 0 radical (unpaired) electrons. The molecule has 3 rings (SSSR count). The first-order valence-electron chi connectivity index (χ1n) is 10.9. The number of ether oxygens (including phenoxy) is 1. The number of halogens is 1. The van der Waals surface area contributed by atoms with Gasteiger partial charge in [-0.15, -0.1) is 24.0 Å². The first-order valence-corrected chi connectivity index (χ1v) is 10.9. The number of benzene rings is 2. The van der Waals surface area contributed by atoms with Gasteiger partial charge in [-0.25, -0.2) is 0 Å². The van der Waals surface area contributed by atoms with E-state index in [-0.39, 0.29) is 29.5 Å². The van der Waals surface area contributed by atoms with Crippen LogP contribution in [-0.2, 0) is 11.2 Å². The number of nitrogens with one attached hydrogen (secondary N) is 2. The minimum absolute atomic E-state index is 0. The molecule has 2 N–H and O–H groups in total. The molecule has 1 aliphatic heterocycles. The van der Waals surface area contributed by atoms with Crippen LogP contribution < -0.4 is 10.6 Å². The van der Waals surface area contributed by atoms with Gasteiger partial charge in [0, 0.05) is 44.8 Å². The number of hydrogen-bond donors (Lipinski definition) is 2. The summed E-state index contributed by atoms with van der Waals surface area (Å²) in [4.78, 5) is 6.81. The predicted molar refractivity (Wildman–Crippen MR) is 141 cm³/mol. The minimum Gasteiger partial charge on any atom is -0.381 e. The van der Waals surface area contributed by atoms with E-state index < -0.39 is 0 Å². The van der Waals surface area contributed by atoms with Crippen molar-refractivity contribution in [1.82, 2.24) is 15.5 Å². The van der Waals surface area contributed by atoms with Gasteiger partial charge in [0.25, 0.3) is 0 Å². The van der Waals surface area contributed by atoms with Gasteiger partial charge in [-0.3, -0.25) is 4.99 Å². The molecule has 2 aromatic rings. The van der Waals surface area contributed by atoms with Crippen molar-refractivity contribution in [3.8, 4) is 0 Å². The second-order valence-electron chi connectivity index (χ2n) is 8.34. The fourth-order valence-corrected chi connectivity index (χ4v) is 4.15. The zero-order valence-electron chi connectivity index (χ0n) is 19.0. The van der Waals surface area contributed by atoms with Crippen molar-refractivity contribution < 1.29 is 4.74 Å². The average molecular weight is 537 g/mol. The van der Waals surface area contributed by atoms with Crippen molar-refractivity contribution in [2.75, 3.05) is 47.4 Å². The minimum atomic E-state index is 0. The van der Waals surface area contributed by atoms with Crippen LogP contribution in [0.1, 0.15) is 29.9 Å². The van der Waals surface area contributed by atoms with E-state index in [2.05, 4.69) is 95.3 Å². The molecule has 0 saturated carbocycles. The van der Waals surface area contributed by atoms with E-state index in [1.54, 1.807) is 0 Å². The molecule has 0 aliphatic carbocycles. The first kappa shape index (κ1) is 25.6. The molecule has 5 nitrogen and oxygen atoms in total. The molecule has 31 heavy (non-hydrogen) atoms. The molecule has 1 saturated heterocycles. The quantitative estimate of drug-likeness (QED) is 0.305. The summed E-state index contributed by atoms with van der Waals surface area (Å²) in [5.74, 6) is 1.23. The molecule has 0 aromatic heterocycles. The lowest BCUT2D eigenvalue weighted by molar-refractivity contribution is -0.00501. The Kier molecular flexibility index (Phi) is 10.8. The van der Waals surface area contributed by atoms with Crippen molar-refractivity contribution >= 4 is 29.9 Å². The van der Waals surface area contributed by atoms with Gasteiger partial charge in [-0.05, 0) is 44.5 Å². The third-order valence-corrected chi connectivity index (χ3v) is 6.29. The van der Waals surface area contributed by atoms with E-state index in [4.69, 9.17) is 4.74 Å². The Balaban J connectivity index is 0.00000341. The highest BCUT2D eigenvalue weighted by Crippen LogP contribution is 2.25. The Morgan fingerprint density at radius 1 is 1.00 bits per heavy atom. The van der Waals surface area contributed by atoms with Crippen molar-refractivity contribution in [3.05, 3.63) is 71.8 Å². The predicted octanol–water partition coefficient (Wildman–Crippen LogP) is 3.91. The van der Waals surface area contributed by atoms with E-state index in [0.717, 1.165) is 51.5 Å². The Morgan fingerprint density at radius 2 is 1.61 bits per heavy atom. The van der Waals surface area contributed by atoms with Crippen LogP contribution >= 0.6 is 24.0 Å². The summed E-state index contributed by atoms with van der Waals surface area (Å²) in [6.07, 6.45) is 3.06.